The van der Waals surface area contributed by atoms with Gasteiger partial charge in [0.05, 0.1) is 18.2 Å². The van der Waals surface area contributed by atoms with E-state index in [4.69, 9.17) is 15.4 Å². The maximum Gasteiger partial charge on any atom is 0.0688 e. The zero-order valence-electron chi connectivity index (χ0n) is 6.28. The van der Waals surface area contributed by atoms with E-state index in [1.165, 1.54) is 0 Å². The quantitative estimate of drug-likeness (QED) is 0.406. The van der Waals surface area contributed by atoms with E-state index in [9.17, 15) is 0 Å². The molecule has 0 rings (SSSR count). The minimum absolute atomic E-state index is 0.341. The Morgan fingerprint density at radius 2 is 1.80 bits per heavy atom. The first kappa shape index (κ1) is 9.84. The van der Waals surface area contributed by atoms with Gasteiger partial charge in [0, 0.05) is 0 Å². The smallest absolute Gasteiger partial charge is 0.0688 e. The number of aliphatic hydroxyl groups excluding tert-OH is 2. The number of hydrogen-bond acceptors (Lipinski definition) is 4. The molecule has 0 saturated carbocycles. The monoisotopic (exact) mass is 149 g/mol. The SMILES string of the molecule is CC(O)CC(NO)C(C)O. The van der Waals surface area contributed by atoms with Gasteiger partial charge in [0.1, 0.15) is 0 Å². The second kappa shape index (κ2) is 4.62. The molecule has 0 aliphatic heterocycles. The summed E-state index contributed by atoms with van der Waals surface area (Å²) in [5.74, 6) is 0. The van der Waals surface area contributed by atoms with Gasteiger partial charge in [-0.25, -0.2) is 0 Å². The van der Waals surface area contributed by atoms with Crippen molar-refractivity contribution in [3.05, 3.63) is 0 Å². The van der Waals surface area contributed by atoms with Crippen LogP contribution in [0.25, 0.3) is 0 Å². The molecule has 0 aromatic heterocycles. The molecule has 62 valence electrons. The van der Waals surface area contributed by atoms with Crippen LogP contribution in [0.4, 0.5) is 0 Å². The molecule has 4 heteroatoms. The fraction of sp³-hybridized carbons (Fsp3) is 1.00. The van der Waals surface area contributed by atoms with Crippen molar-refractivity contribution in [2.24, 2.45) is 0 Å². The highest BCUT2D eigenvalue weighted by Crippen LogP contribution is 2.01. The number of aliphatic hydroxyl groups is 2. The molecule has 0 bridgehead atoms. The Kier molecular flexibility index (Phi) is 4.55. The van der Waals surface area contributed by atoms with Gasteiger partial charge < -0.3 is 15.4 Å². The average molecular weight is 149 g/mol. The summed E-state index contributed by atoms with van der Waals surface area (Å²) in [4.78, 5) is 0. The van der Waals surface area contributed by atoms with E-state index in [0.717, 1.165) is 0 Å². The van der Waals surface area contributed by atoms with Gasteiger partial charge in [-0.05, 0) is 20.3 Å². The normalized spacial score (nSPS) is 20.1. The number of rotatable bonds is 4. The van der Waals surface area contributed by atoms with E-state index in [1.807, 2.05) is 5.48 Å². The number of hydroxylamine groups is 1. The summed E-state index contributed by atoms with van der Waals surface area (Å²) in [7, 11) is 0. The maximum absolute atomic E-state index is 8.93. The Balaban J connectivity index is 3.60. The van der Waals surface area contributed by atoms with Crippen molar-refractivity contribution in [1.82, 2.24) is 5.48 Å². The molecule has 4 nitrogen and oxygen atoms in total. The molecule has 0 spiro atoms. The van der Waals surface area contributed by atoms with E-state index >= 15 is 0 Å². The van der Waals surface area contributed by atoms with Gasteiger partial charge in [-0.15, -0.1) is 0 Å². The molecule has 0 aliphatic carbocycles. The summed E-state index contributed by atoms with van der Waals surface area (Å²) in [5, 5.41) is 26.2. The molecule has 0 saturated heterocycles. The third-order valence-corrected chi connectivity index (χ3v) is 1.34. The van der Waals surface area contributed by atoms with Crippen molar-refractivity contribution >= 4 is 0 Å². The van der Waals surface area contributed by atoms with Crippen LogP contribution in [-0.2, 0) is 0 Å². The van der Waals surface area contributed by atoms with Gasteiger partial charge >= 0.3 is 0 Å². The van der Waals surface area contributed by atoms with Crippen LogP contribution in [0.15, 0.2) is 0 Å². The molecule has 0 fully saturated rings. The Morgan fingerprint density at radius 1 is 1.30 bits per heavy atom. The lowest BCUT2D eigenvalue weighted by molar-refractivity contribution is 0.0237. The van der Waals surface area contributed by atoms with Crippen LogP contribution < -0.4 is 5.48 Å². The standard InChI is InChI=1S/C6H15NO3/c1-4(8)3-6(7-10)5(2)9/h4-10H,3H2,1-2H3. The van der Waals surface area contributed by atoms with Crippen molar-refractivity contribution in [2.75, 3.05) is 0 Å². The van der Waals surface area contributed by atoms with Crippen LogP contribution in [0, 0.1) is 0 Å². The summed E-state index contributed by atoms with van der Waals surface area (Å²) in [6, 6.07) is -0.444. The maximum atomic E-state index is 8.93. The molecule has 3 atom stereocenters. The van der Waals surface area contributed by atoms with Crippen LogP contribution in [0.3, 0.4) is 0 Å². The Hall–Kier alpha value is -0.160. The lowest BCUT2D eigenvalue weighted by Crippen LogP contribution is -2.38. The molecule has 10 heavy (non-hydrogen) atoms. The van der Waals surface area contributed by atoms with E-state index in [1.54, 1.807) is 13.8 Å². The first-order valence-corrected chi connectivity index (χ1v) is 3.33. The van der Waals surface area contributed by atoms with Crippen molar-refractivity contribution in [3.63, 3.8) is 0 Å². The first-order valence-electron chi connectivity index (χ1n) is 3.33. The molecule has 3 unspecified atom stereocenters. The lowest BCUT2D eigenvalue weighted by Gasteiger charge is -2.18. The largest absolute Gasteiger partial charge is 0.393 e. The van der Waals surface area contributed by atoms with Gasteiger partial charge in [0.25, 0.3) is 0 Å². The second-order valence-corrected chi connectivity index (χ2v) is 2.56. The number of hydrogen-bond donors (Lipinski definition) is 4. The van der Waals surface area contributed by atoms with Crippen molar-refractivity contribution < 1.29 is 15.4 Å². The zero-order valence-corrected chi connectivity index (χ0v) is 6.28. The summed E-state index contributed by atoms with van der Waals surface area (Å²) in [6.45, 7) is 3.16. The highest BCUT2D eigenvalue weighted by molar-refractivity contribution is 4.70. The van der Waals surface area contributed by atoms with Crippen LogP contribution in [0.1, 0.15) is 20.3 Å². The van der Waals surface area contributed by atoms with Crippen LogP contribution in [0.2, 0.25) is 0 Å². The summed E-state index contributed by atoms with van der Waals surface area (Å²) < 4.78 is 0. The molecule has 0 radical (unpaired) electrons. The fourth-order valence-electron chi connectivity index (χ4n) is 0.725. The van der Waals surface area contributed by atoms with Crippen LogP contribution in [-0.4, -0.2) is 33.7 Å². The molecule has 0 heterocycles. The minimum Gasteiger partial charge on any atom is -0.393 e. The number of nitrogens with one attached hydrogen (secondary N) is 1. The lowest BCUT2D eigenvalue weighted by atomic mass is 10.1. The average Bonchev–Trinajstić information content (AvgIpc) is 1.81. The Morgan fingerprint density at radius 3 is 1.90 bits per heavy atom. The molecular weight excluding hydrogens is 134 g/mol. The summed E-state index contributed by atoms with van der Waals surface area (Å²) >= 11 is 0. The van der Waals surface area contributed by atoms with Gasteiger partial charge in [-0.1, -0.05) is 0 Å². The Bertz CT molecular complexity index is 85.1. The highest BCUT2D eigenvalue weighted by atomic mass is 16.5. The molecule has 0 aromatic rings. The van der Waals surface area contributed by atoms with E-state index < -0.39 is 18.2 Å². The van der Waals surface area contributed by atoms with E-state index in [-0.39, 0.29) is 0 Å². The predicted octanol–water partition coefficient (Wildman–Crippen LogP) is -0.515. The van der Waals surface area contributed by atoms with E-state index in [2.05, 4.69) is 0 Å². The minimum atomic E-state index is -0.653. The summed E-state index contributed by atoms with van der Waals surface area (Å²) in [6.07, 6.45) is -0.826. The van der Waals surface area contributed by atoms with Crippen molar-refractivity contribution in [1.29, 1.82) is 0 Å². The van der Waals surface area contributed by atoms with Crippen molar-refractivity contribution in [2.45, 2.75) is 38.5 Å². The first-order chi connectivity index (χ1) is 4.57. The molecule has 0 aromatic carbocycles. The van der Waals surface area contributed by atoms with Gasteiger partial charge in [-0.2, -0.15) is 5.48 Å². The predicted molar refractivity (Wildman–Crippen MR) is 36.7 cm³/mol. The van der Waals surface area contributed by atoms with Gasteiger partial charge in [0.15, 0.2) is 0 Å². The third-order valence-electron chi connectivity index (χ3n) is 1.34. The summed E-state index contributed by atoms with van der Waals surface area (Å²) in [5.41, 5.74) is 1.92. The van der Waals surface area contributed by atoms with Gasteiger partial charge in [0.2, 0.25) is 0 Å². The van der Waals surface area contributed by atoms with Crippen LogP contribution >= 0.6 is 0 Å². The van der Waals surface area contributed by atoms with Crippen LogP contribution in [0.5, 0.6) is 0 Å². The topological polar surface area (TPSA) is 72.7 Å². The van der Waals surface area contributed by atoms with E-state index in [0.29, 0.717) is 6.42 Å². The molecule has 0 amide bonds. The Labute approximate surface area is 60.5 Å². The van der Waals surface area contributed by atoms with Gasteiger partial charge in [-0.3, -0.25) is 0 Å². The zero-order chi connectivity index (χ0) is 8.15. The van der Waals surface area contributed by atoms with Crippen molar-refractivity contribution in [3.8, 4) is 0 Å². The highest BCUT2D eigenvalue weighted by Gasteiger charge is 2.15. The molecule has 0 aliphatic rings. The fourth-order valence-corrected chi connectivity index (χ4v) is 0.725. The second-order valence-electron chi connectivity index (χ2n) is 2.56. The molecular formula is C6H15NO3. The third kappa shape index (κ3) is 3.79. The molecule has 4 N–H and O–H groups in total.